The molecule has 2 nitrogen and oxygen atoms in total. The molecule has 29 heavy (non-hydrogen) atoms. The van der Waals surface area contributed by atoms with E-state index in [9.17, 15) is 0 Å². The zero-order valence-electron chi connectivity index (χ0n) is 18.4. The summed E-state index contributed by atoms with van der Waals surface area (Å²) in [6.07, 6.45) is 13.6. The second kappa shape index (κ2) is 8.26. The lowest BCUT2D eigenvalue weighted by Gasteiger charge is -2.38. The van der Waals surface area contributed by atoms with Crippen molar-refractivity contribution in [3.8, 4) is 11.5 Å². The lowest BCUT2D eigenvalue weighted by atomic mass is 9.67. The van der Waals surface area contributed by atoms with E-state index in [4.69, 9.17) is 4.74 Å². The summed E-state index contributed by atoms with van der Waals surface area (Å²) in [6, 6.07) is 8.67. The van der Waals surface area contributed by atoms with Crippen LogP contribution in [0.15, 0.2) is 24.3 Å². The predicted molar refractivity (Wildman–Crippen MR) is 124 cm³/mol. The van der Waals surface area contributed by atoms with E-state index in [0.29, 0.717) is 5.41 Å². The first-order valence-corrected chi connectivity index (χ1v) is 11.4. The Balaban J connectivity index is 1.71. The highest BCUT2D eigenvalue weighted by Crippen LogP contribution is 2.44. The molecular formula is C27H35NO. The normalized spacial score (nSPS) is 16.1. The van der Waals surface area contributed by atoms with Gasteiger partial charge in [-0.25, -0.2) is 0 Å². The second-order valence-corrected chi connectivity index (χ2v) is 9.28. The van der Waals surface area contributed by atoms with Crippen LogP contribution in [0.2, 0.25) is 0 Å². The first kappa shape index (κ1) is 20.1. The van der Waals surface area contributed by atoms with Crippen LogP contribution in [0.5, 0.6) is 11.5 Å². The van der Waals surface area contributed by atoms with Gasteiger partial charge in [-0.1, -0.05) is 33.3 Å². The number of unbranched alkanes of at least 4 members (excludes halogenated alkanes) is 1. The van der Waals surface area contributed by atoms with E-state index in [0.717, 1.165) is 35.6 Å². The third-order valence-corrected chi connectivity index (χ3v) is 7.01. The van der Waals surface area contributed by atoms with Crippen molar-refractivity contribution in [2.75, 3.05) is 12.4 Å². The van der Waals surface area contributed by atoms with Gasteiger partial charge in [0.1, 0.15) is 11.5 Å². The quantitative estimate of drug-likeness (QED) is 0.516. The number of ether oxygens (including phenoxy) is 1. The Morgan fingerprint density at radius 1 is 1.14 bits per heavy atom. The van der Waals surface area contributed by atoms with E-state index >= 15 is 0 Å². The average Bonchev–Trinajstić information content (AvgIpc) is 2.71. The van der Waals surface area contributed by atoms with Crippen molar-refractivity contribution < 1.29 is 4.74 Å². The van der Waals surface area contributed by atoms with Gasteiger partial charge in [-0.05, 0) is 85.4 Å². The third kappa shape index (κ3) is 4.08. The molecule has 2 heteroatoms. The van der Waals surface area contributed by atoms with Crippen LogP contribution in [0.1, 0.15) is 75.5 Å². The molecule has 1 aliphatic heterocycles. The molecule has 0 saturated heterocycles. The molecule has 0 radical (unpaired) electrons. The number of anilines is 1. The molecule has 0 spiro atoms. The van der Waals surface area contributed by atoms with E-state index in [-0.39, 0.29) is 0 Å². The van der Waals surface area contributed by atoms with Gasteiger partial charge in [0.05, 0.1) is 0 Å². The maximum atomic E-state index is 6.50. The molecule has 0 atom stereocenters. The van der Waals surface area contributed by atoms with Gasteiger partial charge in [-0.15, -0.1) is 0 Å². The smallest absolute Gasteiger partial charge is 0.138 e. The minimum Gasteiger partial charge on any atom is -0.456 e. The first-order valence-electron chi connectivity index (χ1n) is 11.4. The Labute approximate surface area is 175 Å². The fourth-order valence-electron chi connectivity index (χ4n) is 4.83. The Hall–Kier alpha value is -2.22. The molecule has 4 rings (SSSR count). The zero-order chi connectivity index (χ0) is 20.4. The van der Waals surface area contributed by atoms with E-state index in [1.54, 1.807) is 0 Å². The van der Waals surface area contributed by atoms with Crippen molar-refractivity contribution in [2.24, 2.45) is 5.41 Å². The summed E-state index contributed by atoms with van der Waals surface area (Å²) < 4.78 is 6.50. The van der Waals surface area contributed by atoms with E-state index < -0.39 is 0 Å². The molecule has 154 valence electrons. The third-order valence-electron chi connectivity index (χ3n) is 7.01. The van der Waals surface area contributed by atoms with Crippen molar-refractivity contribution >= 4 is 18.3 Å². The number of fused-ring (bicyclic) bond motifs is 2. The lowest BCUT2D eigenvalue weighted by molar-refractivity contribution is 0.143. The van der Waals surface area contributed by atoms with Crippen LogP contribution in [-0.4, -0.2) is 7.05 Å². The van der Waals surface area contributed by atoms with E-state index in [1.165, 1.54) is 66.5 Å². The molecule has 0 aromatic heterocycles. The maximum absolute atomic E-state index is 6.50. The summed E-state index contributed by atoms with van der Waals surface area (Å²) in [5.41, 5.74) is 5.53. The maximum Gasteiger partial charge on any atom is 0.138 e. The summed E-state index contributed by atoms with van der Waals surface area (Å²) in [4.78, 5) is 0. The summed E-state index contributed by atoms with van der Waals surface area (Å²) in [5.74, 6) is 1.98. The summed E-state index contributed by atoms with van der Waals surface area (Å²) >= 11 is 0. The molecule has 0 amide bonds. The van der Waals surface area contributed by atoms with Crippen LogP contribution in [0.25, 0.3) is 12.7 Å². The lowest BCUT2D eigenvalue weighted by Crippen LogP contribution is -2.27. The van der Waals surface area contributed by atoms with Gasteiger partial charge in [0.25, 0.3) is 0 Å². The van der Waals surface area contributed by atoms with Crippen LogP contribution in [-0.2, 0) is 12.8 Å². The minimum absolute atomic E-state index is 0.572. The van der Waals surface area contributed by atoms with Crippen molar-refractivity contribution in [1.29, 1.82) is 0 Å². The molecule has 2 aromatic carbocycles. The Morgan fingerprint density at radius 3 is 2.66 bits per heavy atom. The van der Waals surface area contributed by atoms with E-state index in [1.807, 2.05) is 7.05 Å². The Bertz CT molecular complexity index is 1000. The molecule has 1 aliphatic carbocycles. The fraction of sp³-hybridized carbons (Fsp3) is 0.481. The summed E-state index contributed by atoms with van der Waals surface area (Å²) in [7, 11) is 1.95. The van der Waals surface area contributed by atoms with Crippen molar-refractivity contribution in [2.45, 2.75) is 71.6 Å². The van der Waals surface area contributed by atoms with Crippen LogP contribution in [0, 0.1) is 5.41 Å². The SMILES string of the molecule is C=c1c(CCCC)cc2c(c1CCCC1(C)CCC1)Oc1cc(NC)ccc1C=2. The highest BCUT2D eigenvalue weighted by Gasteiger charge is 2.31. The molecule has 0 unspecified atom stereocenters. The van der Waals surface area contributed by atoms with Crippen molar-refractivity contribution in [3.63, 3.8) is 0 Å². The van der Waals surface area contributed by atoms with Gasteiger partial charge in [0, 0.05) is 35.1 Å². The summed E-state index contributed by atoms with van der Waals surface area (Å²) in [5, 5.41) is 5.64. The molecule has 0 bridgehead atoms. The number of rotatable bonds is 8. The molecule has 2 aliphatic rings. The number of hydrogen-bond acceptors (Lipinski definition) is 2. The van der Waals surface area contributed by atoms with Crippen molar-refractivity contribution in [3.05, 3.63) is 51.4 Å². The fourth-order valence-corrected chi connectivity index (χ4v) is 4.83. The molecule has 1 saturated carbocycles. The molecule has 1 heterocycles. The van der Waals surface area contributed by atoms with Gasteiger partial charge in [0.15, 0.2) is 0 Å². The van der Waals surface area contributed by atoms with Crippen molar-refractivity contribution in [1.82, 2.24) is 0 Å². The van der Waals surface area contributed by atoms with Gasteiger partial charge in [0.2, 0.25) is 0 Å². The van der Waals surface area contributed by atoms with Gasteiger partial charge < -0.3 is 10.1 Å². The largest absolute Gasteiger partial charge is 0.456 e. The zero-order valence-corrected chi connectivity index (χ0v) is 18.4. The van der Waals surface area contributed by atoms with E-state index in [2.05, 4.69) is 56.1 Å². The highest BCUT2D eigenvalue weighted by molar-refractivity contribution is 5.68. The van der Waals surface area contributed by atoms with Crippen LogP contribution >= 0.6 is 0 Å². The average molecular weight is 390 g/mol. The topological polar surface area (TPSA) is 21.3 Å². The second-order valence-electron chi connectivity index (χ2n) is 9.28. The predicted octanol–water partition coefficient (Wildman–Crippen LogP) is 5.93. The Kier molecular flexibility index (Phi) is 5.72. The van der Waals surface area contributed by atoms with Crippen LogP contribution < -0.4 is 20.5 Å². The number of nitrogens with one attached hydrogen (secondary N) is 1. The highest BCUT2D eigenvalue weighted by atomic mass is 16.5. The molecule has 1 fully saturated rings. The number of hydrogen-bond donors (Lipinski definition) is 1. The number of benzene rings is 2. The van der Waals surface area contributed by atoms with Gasteiger partial charge in [-0.2, -0.15) is 0 Å². The minimum atomic E-state index is 0.572. The van der Waals surface area contributed by atoms with Gasteiger partial charge >= 0.3 is 0 Å². The number of aryl methyl sites for hydroxylation is 1. The summed E-state index contributed by atoms with van der Waals surface area (Å²) in [6.45, 7) is 9.22. The first-order chi connectivity index (χ1) is 14.0. The molecule has 1 N–H and O–H groups in total. The Morgan fingerprint density at radius 2 is 1.97 bits per heavy atom. The molecule has 2 aromatic rings. The van der Waals surface area contributed by atoms with Crippen LogP contribution in [0.3, 0.4) is 0 Å². The van der Waals surface area contributed by atoms with Gasteiger partial charge in [-0.3, -0.25) is 0 Å². The van der Waals surface area contributed by atoms with Crippen LogP contribution in [0.4, 0.5) is 5.69 Å². The monoisotopic (exact) mass is 389 g/mol. The standard InChI is InChI=1S/C27H35NO/c1-5-6-9-20-16-22-17-21-11-12-23(28-4)18-25(21)29-26(22)24(19(20)2)10-7-13-27(3)14-8-15-27/h11-12,16-18,28H,2,5-10,13-15H2,1,3-4H3. The molecular weight excluding hydrogens is 354 g/mol.